The van der Waals surface area contributed by atoms with Gasteiger partial charge in [0.2, 0.25) is 0 Å². The highest BCUT2D eigenvalue weighted by molar-refractivity contribution is 6.52. The molecule has 0 bridgehead atoms. The summed E-state index contributed by atoms with van der Waals surface area (Å²) >= 11 is 0. The summed E-state index contributed by atoms with van der Waals surface area (Å²) in [5.41, 5.74) is 8.83. The number of nitrogens with zero attached hydrogens (tertiary/aromatic N) is 1. The first-order chi connectivity index (χ1) is 8.07. The number of aryl methyl sites for hydroxylation is 1. The van der Waals surface area contributed by atoms with E-state index in [1.165, 1.54) is 0 Å². The Balaban J connectivity index is 2.50. The van der Waals surface area contributed by atoms with Crippen molar-refractivity contribution < 1.29 is 9.59 Å². The van der Waals surface area contributed by atoms with Gasteiger partial charge in [-0.1, -0.05) is 6.07 Å². The quantitative estimate of drug-likeness (QED) is 0.796. The minimum Gasteiger partial charge on any atom is -0.330 e. The lowest BCUT2D eigenvalue weighted by atomic mass is 10.0. The van der Waals surface area contributed by atoms with Crippen molar-refractivity contribution in [1.29, 1.82) is 0 Å². The van der Waals surface area contributed by atoms with Crippen LogP contribution >= 0.6 is 0 Å². The minimum absolute atomic E-state index is 0.403. The molecule has 4 heteroatoms. The summed E-state index contributed by atoms with van der Waals surface area (Å²) < 4.78 is 0. The number of ketones is 1. The Bertz CT molecular complexity index is 494. The number of carbonyl (C=O) groups is 2. The van der Waals surface area contributed by atoms with Gasteiger partial charge in [-0.15, -0.1) is 0 Å². The molecule has 2 N–H and O–H groups in total. The molecule has 0 atom stereocenters. The fourth-order valence-electron chi connectivity index (χ4n) is 2.13. The van der Waals surface area contributed by atoms with Crippen LogP contribution in [0.1, 0.15) is 27.9 Å². The number of carbonyl (C=O) groups excluding carboxylic acids is 2. The van der Waals surface area contributed by atoms with Crippen molar-refractivity contribution in [2.75, 3.05) is 18.0 Å². The van der Waals surface area contributed by atoms with Crippen LogP contribution < -0.4 is 10.6 Å². The van der Waals surface area contributed by atoms with Gasteiger partial charge < -0.3 is 10.6 Å². The predicted molar refractivity (Wildman–Crippen MR) is 66.3 cm³/mol. The zero-order valence-corrected chi connectivity index (χ0v) is 10.1. The third-order valence-electron chi connectivity index (χ3n) is 3.24. The number of amides is 1. The molecule has 4 nitrogen and oxygen atoms in total. The van der Waals surface area contributed by atoms with Gasteiger partial charge in [-0.3, -0.25) is 9.59 Å². The van der Waals surface area contributed by atoms with E-state index in [1.807, 2.05) is 19.9 Å². The summed E-state index contributed by atoms with van der Waals surface area (Å²) in [5, 5.41) is 0. The Morgan fingerprint density at radius 1 is 1.24 bits per heavy atom. The van der Waals surface area contributed by atoms with Crippen molar-refractivity contribution in [3.05, 3.63) is 28.8 Å². The molecular formula is C13H16N2O2. The van der Waals surface area contributed by atoms with Gasteiger partial charge in [-0.05, 0) is 44.0 Å². The molecule has 1 aliphatic heterocycles. The van der Waals surface area contributed by atoms with Crippen molar-refractivity contribution >= 4 is 17.4 Å². The summed E-state index contributed by atoms with van der Waals surface area (Å²) in [7, 11) is 0. The molecule has 0 saturated carbocycles. The second kappa shape index (κ2) is 4.30. The van der Waals surface area contributed by atoms with Crippen LogP contribution in [0.3, 0.4) is 0 Å². The average molecular weight is 232 g/mol. The Hall–Kier alpha value is -1.68. The smallest absolute Gasteiger partial charge is 0.299 e. The molecule has 90 valence electrons. The van der Waals surface area contributed by atoms with Gasteiger partial charge in [0.05, 0.1) is 11.3 Å². The molecule has 0 spiro atoms. The van der Waals surface area contributed by atoms with Crippen LogP contribution in [0.2, 0.25) is 0 Å². The largest absolute Gasteiger partial charge is 0.330 e. The van der Waals surface area contributed by atoms with Crippen LogP contribution in [0.25, 0.3) is 0 Å². The van der Waals surface area contributed by atoms with E-state index in [0.29, 0.717) is 25.1 Å². The van der Waals surface area contributed by atoms with E-state index in [-0.39, 0.29) is 0 Å². The zero-order chi connectivity index (χ0) is 12.6. The first-order valence-electron chi connectivity index (χ1n) is 5.74. The summed E-state index contributed by atoms with van der Waals surface area (Å²) in [6.45, 7) is 4.94. The second-order valence-corrected chi connectivity index (χ2v) is 4.33. The average Bonchev–Trinajstić information content (AvgIpc) is 2.56. The SMILES string of the molecule is Cc1ccc2c(c1C)N(CCCN)C(=O)C2=O. The van der Waals surface area contributed by atoms with Crippen molar-refractivity contribution in [2.45, 2.75) is 20.3 Å². The third-order valence-corrected chi connectivity index (χ3v) is 3.24. The fraction of sp³-hybridized carbons (Fsp3) is 0.385. The van der Waals surface area contributed by atoms with E-state index < -0.39 is 11.7 Å². The molecule has 0 radical (unpaired) electrons. The molecule has 0 aromatic heterocycles. The fourth-order valence-corrected chi connectivity index (χ4v) is 2.13. The highest BCUT2D eigenvalue weighted by Gasteiger charge is 2.36. The van der Waals surface area contributed by atoms with Gasteiger partial charge in [0.25, 0.3) is 11.7 Å². The highest BCUT2D eigenvalue weighted by atomic mass is 16.2. The molecule has 0 fully saturated rings. The predicted octanol–water partition coefficient (Wildman–Crippen LogP) is 1.18. The van der Waals surface area contributed by atoms with E-state index >= 15 is 0 Å². The first kappa shape index (κ1) is 11.8. The van der Waals surface area contributed by atoms with Gasteiger partial charge in [0, 0.05) is 6.54 Å². The van der Waals surface area contributed by atoms with E-state index in [0.717, 1.165) is 16.8 Å². The van der Waals surface area contributed by atoms with E-state index in [4.69, 9.17) is 5.73 Å². The normalized spacial score (nSPS) is 14.4. The van der Waals surface area contributed by atoms with E-state index in [2.05, 4.69) is 0 Å². The second-order valence-electron chi connectivity index (χ2n) is 4.33. The lowest BCUT2D eigenvalue weighted by Crippen LogP contribution is -2.32. The summed E-state index contributed by atoms with van der Waals surface area (Å²) in [4.78, 5) is 25.2. The van der Waals surface area contributed by atoms with Gasteiger partial charge in [0.15, 0.2) is 0 Å². The maximum absolute atomic E-state index is 11.9. The minimum atomic E-state index is -0.429. The standard InChI is InChI=1S/C13H16N2O2/c1-8-4-5-10-11(9(8)2)15(7-3-6-14)13(17)12(10)16/h4-5H,3,6-7,14H2,1-2H3. The Labute approximate surface area is 100 Å². The van der Waals surface area contributed by atoms with Crippen LogP contribution in [0, 0.1) is 13.8 Å². The maximum atomic E-state index is 11.9. The van der Waals surface area contributed by atoms with Crippen molar-refractivity contribution in [1.82, 2.24) is 0 Å². The van der Waals surface area contributed by atoms with Crippen molar-refractivity contribution in [3.8, 4) is 0 Å². The van der Waals surface area contributed by atoms with E-state index in [1.54, 1.807) is 11.0 Å². The number of hydrogen-bond donors (Lipinski definition) is 1. The summed E-state index contributed by atoms with van der Waals surface area (Å²) in [5.74, 6) is -0.831. The molecule has 17 heavy (non-hydrogen) atoms. The van der Waals surface area contributed by atoms with Crippen LogP contribution in [-0.2, 0) is 4.79 Å². The van der Waals surface area contributed by atoms with Gasteiger partial charge in [0.1, 0.15) is 0 Å². The monoisotopic (exact) mass is 232 g/mol. The van der Waals surface area contributed by atoms with E-state index in [9.17, 15) is 9.59 Å². The number of hydrogen-bond acceptors (Lipinski definition) is 3. The summed E-state index contributed by atoms with van der Waals surface area (Å²) in [6, 6.07) is 3.62. The van der Waals surface area contributed by atoms with Gasteiger partial charge in [-0.25, -0.2) is 0 Å². The molecule has 2 rings (SSSR count). The Morgan fingerprint density at radius 3 is 2.59 bits per heavy atom. The van der Waals surface area contributed by atoms with Gasteiger partial charge >= 0.3 is 0 Å². The lowest BCUT2D eigenvalue weighted by molar-refractivity contribution is -0.114. The molecular weight excluding hydrogens is 216 g/mol. The molecule has 1 aliphatic rings. The molecule has 0 saturated heterocycles. The molecule has 1 aromatic rings. The van der Waals surface area contributed by atoms with Crippen LogP contribution in [-0.4, -0.2) is 24.8 Å². The number of fused-ring (bicyclic) bond motifs is 1. The first-order valence-corrected chi connectivity index (χ1v) is 5.74. The zero-order valence-electron chi connectivity index (χ0n) is 10.1. The third kappa shape index (κ3) is 1.74. The Kier molecular flexibility index (Phi) is 2.98. The number of nitrogens with two attached hydrogens (primary N) is 1. The molecule has 0 aliphatic carbocycles. The number of Topliss-reactive ketones (excluding diaryl/α,β-unsaturated/α-hetero) is 1. The highest BCUT2D eigenvalue weighted by Crippen LogP contribution is 2.33. The van der Waals surface area contributed by atoms with Crippen LogP contribution in [0.4, 0.5) is 5.69 Å². The maximum Gasteiger partial charge on any atom is 0.299 e. The number of anilines is 1. The topological polar surface area (TPSA) is 63.4 Å². The number of benzene rings is 1. The molecule has 1 aromatic carbocycles. The Morgan fingerprint density at radius 2 is 1.94 bits per heavy atom. The molecule has 0 unspecified atom stereocenters. The van der Waals surface area contributed by atoms with Crippen molar-refractivity contribution in [3.63, 3.8) is 0 Å². The van der Waals surface area contributed by atoms with Crippen LogP contribution in [0.5, 0.6) is 0 Å². The van der Waals surface area contributed by atoms with Gasteiger partial charge in [-0.2, -0.15) is 0 Å². The summed E-state index contributed by atoms with van der Waals surface area (Å²) in [6.07, 6.45) is 0.700. The molecule has 1 amide bonds. The molecule has 1 heterocycles. The van der Waals surface area contributed by atoms with Crippen LogP contribution in [0.15, 0.2) is 12.1 Å². The number of rotatable bonds is 3. The lowest BCUT2D eigenvalue weighted by Gasteiger charge is -2.18. The van der Waals surface area contributed by atoms with Crippen molar-refractivity contribution in [2.24, 2.45) is 5.73 Å².